The largest absolute Gasteiger partial charge is 0.310 e. The van der Waals surface area contributed by atoms with Crippen LogP contribution in [-0.2, 0) is 16.6 Å². The molecule has 2 fully saturated rings. The molecule has 2 aliphatic carbocycles. The van der Waals surface area contributed by atoms with Gasteiger partial charge in [0, 0.05) is 37.4 Å². The van der Waals surface area contributed by atoms with Gasteiger partial charge >= 0.3 is 0 Å². The first-order valence-corrected chi connectivity index (χ1v) is 8.66. The van der Waals surface area contributed by atoms with Gasteiger partial charge < -0.3 is 5.32 Å². The fourth-order valence-corrected chi connectivity index (χ4v) is 3.70. The average molecular weight is 298 g/mol. The summed E-state index contributed by atoms with van der Waals surface area (Å²) in [6, 6.07) is 0.545. The molecule has 112 valence electrons. The number of aromatic nitrogens is 2. The average Bonchev–Trinajstić information content (AvgIpc) is 3.29. The van der Waals surface area contributed by atoms with Crippen LogP contribution in [0.4, 0.5) is 0 Å². The van der Waals surface area contributed by atoms with E-state index in [1.807, 2.05) is 6.92 Å². The molecule has 2 saturated carbocycles. The maximum Gasteiger partial charge on any atom is 0.262 e. The number of H-pyrrole nitrogens is 1. The van der Waals surface area contributed by atoms with Crippen LogP contribution in [0.1, 0.15) is 36.9 Å². The van der Waals surface area contributed by atoms with Gasteiger partial charge in [-0.15, -0.1) is 0 Å². The molecule has 7 heteroatoms. The summed E-state index contributed by atoms with van der Waals surface area (Å²) < 4.78 is 26.7. The zero-order chi connectivity index (χ0) is 14.3. The van der Waals surface area contributed by atoms with Gasteiger partial charge in [-0.05, 0) is 38.5 Å². The molecule has 0 aliphatic heterocycles. The quantitative estimate of drug-likeness (QED) is 0.787. The molecule has 2 aliphatic rings. The first-order valence-electron chi connectivity index (χ1n) is 7.22. The van der Waals surface area contributed by atoms with Crippen molar-refractivity contribution in [3.8, 4) is 0 Å². The van der Waals surface area contributed by atoms with Crippen molar-refractivity contribution in [1.82, 2.24) is 19.8 Å². The molecule has 0 bridgehead atoms. The van der Waals surface area contributed by atoms with Gasteiger partial charge in [0.05, 0.1) is 0 Å². The Morgan fingerprint density at radius 2 is 2.05 bits per heavy atom. The van der Waals surface area contributed by atoms with Crippen LogP contribution in [0.5, 0.6) is 0 Å². The molecule has 0 amide bonds. The summed E-state index contributed by atoms with van der Waals surface area (Å²) in [4.78, 5) is 0. The van der Waals surface area contributed by atoms with Crippen LogP contribution >= 0.6 is 0 Å². The Labute approximate surface area is 120 Å². The van der Waals surface area contributed by atoms with Crippen LogP contribution in [0.15, 0.2) is 5.03 Å². The minimum Gasteiger partial charge on any atom is -0.310 e. The molecule has 1 aromatic heterocycles. The number of rotatable bonds is 7. The third kappa shape index (κ3) is 2.89. The Hall–Kier alpha value is -0.920. The van der Waals surface area contributed by atoms with Crippen molar-refractivity contribution >= 4 is 10.0 Å². The summed E-state index contributed by atoms with van der Waals surface area (Å²) in [7, 11) is -1.83. The fourth-order valence-electron chi connectivity index (χ4n) is 2.30. The number of nitrogens with zero attached hydrogens (tertiary/aromatic N) is 2. The van der Waals surface area contributed by atoms with Gasteiger partial charge in [-0.2, -0.15) is 9.40 Å². The second-order valence-corrected chi connectivity index (χ2v) is 7.98. The minimum atomic E-state index is -3.48. The van der Waals surface area contributed by atoms with Crippen LogP contribution in [0.3, 0.4) is 0 Å². The van der Waals surface area contributed by atoms with Crippen molar-refractivity contribution in [3.63, 3.8) is 0 Å². The first kappa shape index (κ1) is 14.0. The van der Waals surface area contributed by atoms with Crippen LogP contribution in [0, 0.1) is 12.8 Å². The molecule has 0 spiro atoms. The van der Waals surface area contributed by atoms with Crippen molar-refractivity contribution in [2.75, 3.05) is 13.6 Å². The SMILES string of the molecule is Cc1[nH]nc(S(=O)(=O)N(C)CC2CC2)c1CNC1CC1. The van der Waals surface area contributed by atoms with Gasteiger partial charge in [0.1, 0.15) is 0 Å². The van der Waals surface area contributed by atoms with Crippen LogP contribution in [0.2, 0.25) is 0 Å². The number of nitrogens with one attached hydrogen (secondary N) is 2. The lowest BCUT2D eigenvalue weighted by Crippen LogP contribution is -2.30. The summed E-state index contributed by atoms with van der Waals surface area (Å²) in [5.41, 5.74) is 1.61. The highest BCUT2D eigenvalue weighted by Crippen LogP contribution is 2.31. The van der Waals surface area contributed by atoms with Gasteiger partial charge in [0.2, 0.25) is 0 Å². The van der Waals surface area contributed by atoms with Gasteiger partial charge in [-0.1, -0.05) is 0 Å². The van der Waals surface area contributed by atoms with Crippen molar-refractivity contribution in [2.45, 2.75) is 50.2 Å². The second-order valence-electron chi connectivity index (χ2n) is 6.02. The third-order valence-corrected chi connectivity index (χ3v) is 5.84. The van der Waals surface area contributed by atoms with E-state index < -0.39 is 10.0 Å². The molecule has 2 N–H and O–H groups in total. The predicted molar refractivity (Wildman–Crippen MR) is 75.7 cm³/mol. The van der Waals surface area contributed by atoms with Gasteiger partial charge in [0.25, 0.3) is 10.0 Å². The highest BCUT2D eigenvalue weighted by molar-refractivity contribution is 7.89. The Kier molecular flexibility index (Phi) is 3.60. The molecule has 1 aromatic rings. The number of hydrogen-bond acceptors (Lipinski definition) is 4. The molecule has 0 radical (unpaired) electrons. The maximum atomic E-state index is 12.6. The fraction of sp³-hybridized carbons (Fsp3) is 0.769. The Bertz CT molecular complexity index is 588. The van der Waals surface area contributed by atoms with E-state index in [1.165, 1.54) is 17.1 Å². The summed E-state index contributed by atoms with van der Waals surface area (Å²) in [6.45, 7) is 3.04. The van der Waals surface area contributed by atoms with E-state index >= 15 is 0 Å². The number of sulfonamides is 1. The molecule has 0 unspecified atom stereocenters. The topological polar surface area (TPSA) is 78.1 Å². The van der Waals surface area contributed by atoms with E-state index in [-0.39, 0.29) is 5.03 Å². The molecule has 0 atom stereocenters. The van der Waals surface area contributed by atoms with Crippen LogP contribution < -0.4 is 5.32 Å². The van der Waals surface area contributed by atoms with E-state index in [0.29, 0.717) is 25.0 Å². The van der Waals surface area contributed by atoms with Crippen molar-refractivity contribution in [2.24, 2.45) is 5.92 Å². The molecule has 20 heavy (non-hydrogen) atoms. The number of aromatic amines is 1. The first-order chi connectivity index (χ1) is 9.48. The standard InChI is InChI=1S/C13H22N4O2S/c1-9-12(7-14-11-5-6-11)13(16-15-9)20(18,19)17(2)8-10-3-4-10/h10-11,14H,3-8H2,1-2H3,(H,15,16). The van der Waals surface area contributed by atoms with Gasteiger partial charge in [-0.3, -0.25) is 5.10 Å². The maximum absolute atomic E-state index is 12.6. The zero-order valence-corrected chi connectivity index (χ0v) is 12.8. The Balaban J connectivity index is 1.79. The lowest BCUT2D eigenvalue weighted by atomic mass is 10.2. The van der Waals surface area contributed by atoms with Crippen LogP contribution in [-0.4, -0.2) is 42.6 Å². The lowest BCUT2D eigenvalue weighted by molar-refractivity contribution is 0.449. The van der Waals surface area contributed by atoms with Crippen LogP contribution in [0.25, 0.3) is 0 Å². The second kappa shape index (κ2) is 5.13. The summed E-state index contributed by atoms with van der Waals surface area (Å²) >= 11 is 0. The third-order valence-electron chi connectivity index (χ3n) is 4.05. The molecule has 1 heterocycles. The minimum absolute atomic E-state index is 0.186. The smallest absolute Gasteiger partial charge is 0.262 e. The summed E-state index contributed by atoms with van der Waals surface area (Å²) in [5.74, 6) is 0.530. The lowest BCUT2D eigenvalue weighted by Gasteiger charge is -2.16. The van der Waals surface area contributed by atoms with E-state index in [1.54, 1.807) is 7.05 Å². The predicted octanol–water partition coefficient (Wildman–Crippen LogP) is 1.00. The Morgan fingerprint density at radius 1 is 1.35 bits per heavy atom. The van der Waals surface area contributed by atoms with Gasteiger partial charge in [0.15, 0.2) is 5.03 Å². The highest BCUT2D eigenvalue weighted by atomic mass is 32.2. The molecule has 0 aromatic carbocycles. The molecule has 3 rings (SSSR count). The molecule has 0 saturated heterocycles. The van der Waals surface area contributed by atoms with E-state index in [2.05, 4.69) is 15.5 Å². The summed E-state index contributed by atoms with van der Waals surface area (Å²) in [6.07, 6.45) is 4.63. The van der Waals surface area contributed by atoms with Gasteiger partial charge in [-0.25, -0.2) is 8.42 Å². The summed E-state index contributed by atoms with van der Waals surface area (Å²) in [5, 5.41) is 10.4. The van der Waals surface area contributed by atoms with E-state index in [0.717, 1.165) is 24.1 Å². The Morgan fingerprint density at radius 3 is 2.65 bits per heavy atom. The van der Waals surface area contributed by atoms with Crippen molar-refractivity contribution < 1.29 is 8.42 Å². The highest BCUT2D eigenvalue weighted by Gasteiger charge is 2.33. The molecule has 6 nitrogen and oxygen atoms in total. The van der Waals surface area contributed by atoms with E-state index in [9.17, 15) is 8.42 Å². The van der Waals surface area contributed by atoms with Crippen molar-refractivity contribution in [3.05, 3.63) is 11.3 Å². The molecular weight excluding hydrogens is 276 g/mol. The number of aryl methyl sites for hydroxylation is 1. The monoisotopic (exact) mass is 298 g/mol. The zero-order valence-electron chi connectivity index (χ0n) is 12.0. The normalized spacial score (nSPS) is 19.8. The number of hydrogen-bond donors (Lipinski definition) is 2. The van der Waals surface area contributed by atoms with Crippen molar-refractivity contribution in [1.29, 1.82) is 0 Å². The van der Waals surface area contributed by atoms with E-state index in [4.69, 9.17) is 0 Å². The molecular formula is C13H22N4O2S.